The molecule has 4 heterocycles. The second kappa shape index (κ2) is 24.4. The zero-order chi connectivity index (χ0) is 52.0. The summed E-state index contributed by atoms with van der Waals surface area (Å²) in [6, 6.07) is 15.5. The van der Waals surface area contributed by atoms with E-state index in [1.165, 1.54) is 43.8 Å². The molecule has 70 heavy (non-hydrogen) atoms. The molecular weight excluding hydrogens is 960 g/mol. The normalized spacial score (nSPS) is 11.2. The fourth-order valence-electron chi connectivity index (χ4n) is 5.58. The zero-order valence-corrected chi connectivity index (χ0v) is 41.3. The lowest BCUT2D eigenvalue weighted by Gasteiger charge is -2.20. The lowest BCUT2D eigenvalue weighted by Crippen LogP contribution is -2.27. The number of nitrogens with zero attached hydrogens (tertiary/aromatic N) is 9. The van der Waals surface area contributed by atoms with E-state index in [1.807, 2.05) is 66.7 Å². The molecule has 0 radical (unpaired) electrons. The fraction of sp³-hybridized carbons (Fsp3) is 0.362. The summed E-state index contributed by atoms with van der Waals surface area (Å²) in [5.41, 5.74) is -0.137. The van der Waals surface area contributed by atoms with E-state index in [1.54, 1.807) is 20.1 Å². The minimum absolute atomic E-state index is 0.0359. The molecule has 0 aliphatic rings. The van der Waals surface area contributed by atoms with Crippen molar-refractivity contribution in [3.05, 3.63) is 137 Å². The molecule has 0 spiro atoms. The summed E-state index contributed by atoms with van der Waals surface area (Å²) < 4.78 is 74.2. The van der Waals surface area contributed by atoms with Crippen molar-refractivity contribution >= 4 is 23.2 Å². The summed E-state index contributed by atoms with van der Waals surface area (Å²) in [7, 11) is 3.00. The van der Waals surface area contributed by atoms with Gasteiger partial charge in [-0.05, 0) is 103 Å². The lowest BCUT2D eigenvalue weighted by molar-refractivity contribution is -0.142. The maximum absolute atomic E-state index is 13.6. The fourth-order valence-corrected chi connectivity index (χ4v) is 6.03. The zero-order valence-electron chi connectivity index (χ0n) is 39.8. The molecule has 18 nitrogen and oxygen atoms in total. The van der Waals surface area contributed by atoms with Crippen LogP contribution in [0.15, 0.2) is 70.8 Å². The molecule has 0 fully saturated rings. The number of methoxy groups -OCH3 is 2. The van der Waals surface area contributed by atoms with Crippen molar-refractivity contribution in [1.82, 2.24) is 39.9 Å². The maximum Gasteiger partial charge on any atom is 0.437 e. The number of aryl methyl sites for hydroxylation is 2. The summed E-state index contributed by atoms with van der Waals surface area (Å²) in [5, 5.41) is 34.3. The standard InChI is InChI=1S/C23H21ClF3N5O4.C12H8ClN3O2.C12H20N2O2/c1-22(2,3)35-11-14-7-16(30-31-20(14)34-4)10-32-12-29-19(23(25,26)27)18(21(32)33)36-17-6-13(9-28)5-15(24)8-17;1-7-11(12(17)16-6-15-7)18-10-3-8(5-14)2-9(13)4-10;1-6-10-7-9(8-16-12(2,3)4)11(15-5)14-13-10/h5-8,12H,10-11H2,1-4H3;2-4,6H,1H3,(H,15,16,17);7H,6,8H2,1-5H3. The van der Waals surface area contributed by atoms with Gasteiger partial charge in [-0.2, -0.15) is 28.8 Å². The van der Waals surface area contributed by atoms with Crippen LogP contribution >= 0.6 is 23.2 Å². The second-order valence-corrected chi connectivity index (χ2v) is 17.5. The monoisotopic (exact) mass is 1010 g/mol. The topological polar surface area (TPSA) is 235 Å². The van der Waals surface area contributed by atoms with Crippen molar-refractivity contribution < 1.29 is 41.6 Å². The summed E-state index contributed by atoms with van der Waals surface area (Å²) in [6.07, 6.45) is -2.09. The van der Waals surface area contributed by atoms with Gasteiger partial charge in [-0.25, -0.2) is 9.97 Å². The van der Waals surface area contributed by atoms with E-state index < -0.39 is 28.8 Å². The van der Waals surface area contributed by atoms with Crippen molar-refractivity contribution in [3.63, 3.8) is 0 Å². The highest BCUT2D eigenvalue weighted by molar-refractivity contribution is 6.31. The van der Waals surface area contributed by atoms with E-state index in [-0.39, 0.29) is 58.0 Å². The molecule has 0 aliphatic carbocycles. The molecule has 6 rings (SSSR count). The lowest BCUT2D eigenvalue weighted by atomic mass is 10.2. The average Bonchev–Trinajstić information content (AvgIpc) is 3.29. The number of nitriles is 2. The van der Waals surface area contributed by atoms with Crippen LogP contribution in [0.4, 0.5) is 13.2 Å². The largest absolute Gasteiger partial charge is 0.480 e. The molecule has 0 saturated carbocycles. The first-order chi connectivity index (χ1) is 32.9. The van der Waals surface area contributed by atoms with Crippen LogP contribution in [0.1, 0.15) is 93.5 Å². The predicted molar refractivity (Wildman–Crippen MR) is 250 cm³/mol. The van der Waals surface area contributed by atoms with Crippen LogP contribution in [-0.2, 0) is 41.8 Å². The molecule has 0 amide bonds. The Labute approximate surface area is 410 Å². The van der Waals surface area contributed by atoms with Crippen LogP contribution < -0.4 is 30.1 Å². The van der Waals surface area contributed by atoms with E-state index >= 15 is 0 Å². The number of hydrogen-bond acceptors (Lipinski definition) is 16. The molecule has 2 aromatic carbocycles. The Bertz CT molecular complexity index is 2980. The SMILES string of the molecule is CCc1cc(COC(C)(C)C)c(OC)nn1.COc1nnc(Cn2cnc(C(F)(F)F)c(Oc3cc(Cl)cc(C#N)c3)c2=O)cc1COC(C)(C)C.Cc1nc[nH]c(=O)c1Oc1cc(Cl)cc(C#N)c1. The van der Waals surface area contributed by atoms with E-state index in [4.69, 9.17) is 62.1 Å². The first-order valence-corrected chi connectivity index (χ1v) is 21.7. The molecule has 370 valence electrons. The minimum atomic E-state index is -4.98. The van der Waals surface area contributed by atoms with Crippen LogP contribution in [0.3, 0.4) is 0 Å². The number of hydrogen-bond donors (Lipinski definition) is 1. The van der Waals surface area contributed by atoms with E-state index in [9.17, 15) is 22.8 Å². The Morgan fingerprint density at radius 2 is 1.19 bits per heavy atom. The highest BCUT2D eigenvalue weighted by atomic mass is 35.5. The number of alkyl halides is 3. The quantitative estimate of drug-likeness (QED) is 0.113. The summed E-state index contributed by atoms with van der Waals surface area (Å²) >= 11 is 11.8. The Morgan fingerprint density at radius 3 is 1.63 bits per heavy atom. The highest BCUT2D eigenvalue weighted by Gasteiger charge is 2.39. The number of H-pyrrole nitrogens is 1. The number of aromatic amines is 1. The molecule has 0 unspecified atom stereocenters. The summed E-state index contributed by atoms with van der Waals surface area (Å²) in [6.45, 7) is 15.7. The van der Waals surface area contributed by atoms with Crippen molar-refractivity contribution in [2.75, 3.05) is 14.2 Å². The molecule has 23 heteroatoms. The maximum atomic E-state index is 13.6. The third-order valence-corrected chi connectivity index (χ3v) is 9.30. The Kier molecular flexibility index (Phi) is 19.3. The first-order valence-electron chi connectivity index (χ1n) is 20.9. The van der Waals surface area contributed by atoms with Gasteiger partial charge in [0, 0.05) is 21.2 Å². The van der Waals surface area contributed by atoms with Crippen LogP contribution in [0.5, 0.6) is 34.8 Å². The number of aromatic nitrogens is 8. The van der Waals surface area contributed by atoms with Crippen molar-refractivity contribution in [3.8, 4) is 46.9 Å². The van der Waals surface area contributed by atoms with Gasteiger partial charge in [0.1, 0.15) is 11.5 Å². The van der Waals surface area contributed by atoms with Crippen LogP contribution in [0.2, 0.25) is 10.0 Å². The average molecular weight is 1010 g/mol. The third-order valence-electron chi connectivity index (χ3n) is 8.87. The number of benzene rings is 2. The van der Waals surface area contributed by atoms with Gasteiger partial charge < -0.3 is 33.4 Å². The highest BCUT2D eigenvalue weighted by Crippen LogP contribution is 2.35. The van der Waals surface area contributed by atoms with Crippen LogP contribution in [0.25, 0.3) is 0 Å². The molecular formula is C47H49Cl2F3N10O8. The van der Waals surface area contributed by atoms with E-state index in [0.717, 1.165) is 34.6 Å². The predicted octanol–water partition coefficient (Wildman–Crippen LogP) is 9.50. The van der Waals surface area contributed by atoms with Gasteiger partial charge in [0.15, 0.2) is 5.69 Å². The number of rotatable bonds is 13. The van der Waals surface area contributed by atoms with Gasteiger partial charge in [0.05, 0.1) is 98.2 Å². The summed E-state index contributed by atoms with van der Waals surface area (Å²) in [5.74, 6) is -0.147. The van der Waals surface area contributed by atoms with E-state index in [0.29, 0.717) is 40.1 Å². The number of ether oxygens (including phenoxy) is 6. The van der Waals surface area contributed by atoms with Crippen LogP contribution in [-0.4, -0.2) is 65.3 Å². The first kappa shape index (κ1) is 55.4. The Balaban J connectivity index is 0.000000260. The van der Waals surface area contributed by atoms with Gasteiger partial charge in [-0.3, -0.25) is 14.2 Å². The molecule has 6 aromatic rings. The molecule has 0 aliphatic heterocycles. The van der Waals surface area contributed by atoms with Gasteiger partial charge in [-0.15, -0.1) is 15.3 Å². The second-order valence-electron chi connectivity index (χ2n) is 16.7. The molecule has 1 N–H and O–H groups in total. The molecule has 0 bridgehead atoms. The summed E-state index contributed by atoms with van der Waals surface area (Å²) in [4.78, 5) is 34.4. The number of nitrogens with one attached hydrogen (secondary N) is 1. The van der Waals surface area contributed by atoms with Gasteiger partial charge in [-0.1, -0.05) is 30.1 Å². The smallest absolute Gasteiger partial charge is 0.437 e. The number of halogens is 5. The van der Waals surface area contributed by atoms with Crippen molar-refractivity contribution in [1.29, 1.82) is 10.5 Å². The van der Waals surface area contributed by atoms with Crippen LogP contribution in [0, 0.1) is 29.6 Å². The van der Waals surface area contributed by atoms with Crippen molar-refractivity contribution in [2.45, 2.75) is 98.9 Å². The third kappa shape index (κ3) is 16.8. The van der Waals surface area contributed by atoms with Gasteiger partial charge in [0.25, 0.3) is 11.1 Å². The van der Waals surface area contributed by atoms with Gasteiger partial charge >= 0.3 is 6.18 Å². The molecule has 4 aromatic heterocycles. The van der Waals surface area contributed by atoms with Gasteiger partial charge in [0.2, 0.25) is 23.3 Å². The minimum Gasteiger partial charge on any atom is -0.480 e. The Hall–Kier alpha value is -7.17. The Morgan fingerprint density at radius 1 is 0.700 bits per heavy atom. The molecule has 0 saturated heterocycles. The van der Waals surface area contributed by atoms with E-state index in [2.05, 4.69) is 35.3 Å². The molecule has 0 atom stereocenters. The van der Waals surface area contributed by atoms with Crippen molar-refractivity contribution in [2.24, 2.45) is 0 Å².